The third-order valence-electron chi connectivity index (χ3n) is 3.22. The Hall–Kier alpha value is -1.80. The lowest BCUT2D eigenvalue weighted by Gasteiger charge is -2.23. The summed E-state index contributed by atoms with van der Waals surface area (Å²) in [6.45, 7) is 4.19. The van der Waals surface area contributed by atoms with Crippen LogP contribution in [0.5, 0.6) is 0 Å². The molecule has 0 radical (unpaired) electrons. The number of hydrogen-bond donors (Lipinski definition) is 1. The van der Waals surface area contributed by atoms with Crippen molar-refractivity contribution in [3.05, 3.63) is 70.7 Å². The third kappa shape index (κ3) is 3.61. The van der Waals surface area contributed by atoms with Gasteiger partial charge in [-0.15, -0.1) is 0 Å². The Morgan fingerprint density at radius 2 is 1.60 bits per heavy atom. The van der Waals surface area contributed by atoms with Gasteiger partial charge in [-0.3, -0.25) is 4.79 Å². The van der Waals surface area contributed by atoms with E-state index < -0.39 is 0 Å². The number of halogens is 1. The molecule has 2 aromatic rings. The van der Waals surface area contributed by atoms with E-state index in [2.05, 4.69) is 19.2 Å². The van der Waals surface area contributed by atoms with Crippen molar-refractivity contribution < 1.29 is 4.79 Å². The Labute approximate surface area is 124 Å². The summed E-state index contributed by atoms with van der Waals surface area (Å²) in [5.41, 5.74) is 1.74. The molecule has 0 aliphatic rings. The van der Waals surface area contributed by atoms with E-state index >= 15 is 0 Å². The number of carbonyl (C=O) groups excluding carboxylic acids is 1. The molecule has 3 heteroatoms. The maximum Gasteiger partial charge on any atom is 0.251 e. The van der Waals surface area contributed by atoms with Crippen molar-refractivity contribution in [2.24, 2.45) is 5.92 Å². The van der Waals surface area contributed by atoms with E-state index in [9.17, 15) is 4.79 Å². The number of rotatable bonds is 4. The van der Waals surface area contributed by atoms with Crippen molar-refractivity contribution in [1.82, 2.24) is 5.32 Å². The van der Waals surface area contributed by atoms with Crippen LogP contribution in [-0.2, 0) is 0 Å². The largest absolute Gasteiger partial charge is 0.345 e. The van der Waals surface area contributed by atoms with Gasteiger partial charge in [0.05, 0.1) is 6.04 Å². The van der Waals surface area contributed by atoms with Crippen LogP contribution in [0, 0.1) is 5.92 Å². The Balaban J connectivity index is 2.17. The van der Waals surface area contributed by atoms with Crippen molar-refractivity contribution in [1.29, 1.82) is 0 Å². The molecule has 0 heterocycles. The van der Waals surface area contributed by atoms with Crippen LogP contribution >= 0.6 is 11.6 Å². The van der Waals surface area contributed by atoms with Crippen LogP contribution in [-0.4, -0.2) is 5.91 Å². The van der Waals surface area contributed by atoms with Gasteiger partial charge in [-0.1, -0.05) is 55.8 Å². The molecule has 20 heavy (non-hydrogen) atoms. The Morgan fingerprint density at radius 3 is 2.15 bits per heavy atom. The summed E-state index contributed by atoms with van der Waals surface area (Å²) in [5, 5.41) is 3.72. The molecule has 0 unspecified atom stereocenters. The molecule has 0 saturated carbocycles. The highest BCUT2D eigenvalue weighted by atomic mass is 35.5. The number of carbonyl (C=O) groups is 1. The average molecular weight is 288 g/mol. The lowest BCUT2D eigenvalue weighted by atomic mass is 9.95. The molecule has 1 N–H and O–H groups in total. The second kappa shape index (κ2) is 6.58. The fourth-order valence-corrected chi connectivity index (χ4v) is 2.25. The minimum absolute atomic E-state index is 0.000576. The number of benzene rings is 2. The number of amides is 1. The van der Waals surface area contributed by atoms with Crippen LogP contribution in [0.15, 0.2) is 54.6 Å². The van der Waals surface area contributed by atoms with Crippen LogP contribution in [0.2, 0.25) is 5.02 Å². The molecule has 0 aliphatic heterocycles. The Bertz CT molecular complexity index is 563. The van der Waals surface area contributed by atoms with Crippen LogP contribution in [0.3, 0.4) is 0 Å². The fraction of sp³-hybridized carbons (Fsp3) is 0.235. The van der Waals surface area contributed by atoms with Gasteiger partial charge < -0.3 is 5.32 Å². The van der Waals surface area contributed by atoms with Crippen molar-refractivity contribution in [2.75, 3.05) is 0 Å². The van der Waals surface area contributed by atoms with Crippen molar-refractivity contribution in [3.8, 4) is 0 Å². The molecule has 104 valence electrons. The quantitative estimate of drug-likeness (QED) is 0.883. The normalized spacial score (nSPS) is 12.2. The summed E-state index contributed by atoms with van der Waals surface area (Å²) < 4.78 is 0. The number of nitrogens with one attached hydrogen (secondary N) is 1. The minimum atomic E-state index is -0.0794. The first-order valence-corrected chi connectivity index (χ1v) is 7.07. The summed E-state index contributed by atoms with van der Waals surface area (Å²) in [6, 6.07) is 16.9. The molecule has 2 aromatic carbocycles. The van der Waals surface area contributed by atoms with Gasteiger partial charge in [0, 0.05) is 10.6 Å². The second-order valence-corrected chi connectivity index (χ2v) is 5.55. The smallest absolute Gasteiger partial charge is 0.251 e. The molecule has 0 aromatic heterocycles. The van der Waals surface area contributed by atoms with E-state index in [4.69, 9.17) is 11.6 Å². The van der Waals surface area contributed by atoms with Crippen LogP contribution in [0.1, 0.15) is 35.8 Å². The summed E-state index contributed by atoms with van der Waals surface area (Å²) in [6.07, 6.45) is 0. The zero-order chi connectivity index (χ0) is 14.5. The summed E-state index contributed by atoms with van der Waals surface area (Å²) in [5.74, 6) is 0.234. The number of hydrogen-bond acceptors (Lipinski definition) is 1. The molecular formula is C17H18ClNO. The molecule has 0 fully saturated rings. The van der Waals surface area contributed by atoms with E-state index in [0.29, 0.717) is 16.5 Å². The van der Waals surface area contributed by atoms with Crippen LogP contribution < -0.4 is 5.32 Å². The standard InChI is InChI=1S/C17H18ClNO/c1-12(2)16(13-6-4-3-5-7-13)19-17(20)14-8-10-15(18)11-9-14/h3-12,16H,1-2H3,(H,19,20)/t16-/m0/s1. The lowest BCUT2D eigenvalue weighted by Crippen LogP contribution is -2.31. The van der Waals surface area contributed by atoms with E-state index in [-0.39, 0.29) is 11.9 Å². The van der Waals surface area contributed by atoms with Crippen LogP contribution in [0.25, 0.3) is 0 Å². The summed E-state index contributed by atoms with van der Waals surface area (Å²) >= 11 is 5.84. The molecule has 2 rings (SSSR count). The molecule has 0 aliphatic carbocycles. The van der Waals surface area contributed by atoms with Gasteiger partial charge in [0.25, 0.3) is 5.91 Å². The van der Waals surface area contributed by atoms with Gasteiger partial charge in [0.15, 0.2) is 0 Å². The fourth-order valence-electron chi connectivity index (χ4n) is 2.12. The maximum atomic E-state index is 12.3. The molecule has 1 amide bonds. The Kier molecular flexibility index (Phi) is 4.80. The second-order valence-electron chi connectivity index (χ2n) is 5.11. The van der Waals surface area contributed by atoms with Gasteiger partial charge in [0.1, 0.15) is 0 Å². The van der Waals surface area contributed by atoms with Gasteiger partial charge in [-0.2, -0.15) is 0 Å². The predicted molar refractivity (Wildman–Crippen MR) is 82.9 cm³/mol. The highest BCUT2D eigenvalue weighted by Gasteiger charge is 2.18. The van der Waals surface area contributed by atoms with Crippen molar-refractivity contribution >= 4 is 17.5 Å². The van der Waals surface area contributed by atoms with E-state index in [0.717, 1.165) is 5.56 Å². The summed E-state index contributed by atoms with van der Waals surface area (Å²) in [7, 11) is 0. The molecule has 0 saturated heterocycles. The van der Waals surface area contributed by atoms with E-state index in [1.54, 1.807) is 24.3 Å². The minimum Gasteiger partial charge on any atom is -0.345 e. The zero-order valence-electron chi connectivity index (χ0n) is 11.6. The lowest BCUT2D eigenvalue weighted by molar-refractivity contribution is 0.0925. The summed E-state index contributed by atoms with van der Waals surface area (Å²) in [4.78, 5) is 12.3. The predicted octanol–water partition coefficient (Wildman–Crippen LogP) is 4.47. The molecular weight excluding hydrogens is 270 g/mol. The zero-order valence-corrected chi connectivity index (χ0v) is 12.4. The molecule has 1 atom stereocenters. The van der Waals surface area contributed by atoms with Gasteiger partial charge in [-0.25, -0.2) is 0 Å². The average Bonchev–Trinajstić information content (AvgIpc) is 2.46. The van der Waals surface area contributed by atoms with Crippen LogP contribution in [0.4, 0.5) is 0 Å². The molecule has 2 nitrogen and oxygen atoms in total. The molecule has 0 spiro atoms. The first-order chi connectivity index (χ1) is 9.58. The first kappa shape index (κ1) is 14.6. The SMILES string of the molecule is CC(C)[C@H](NC(=O)c1ccc(Cl)cc1)c1ccccc1. The van der Waals surface area contributed by atoms with Crippen molar-refractivity contribution in [2.45, 2.75) is 19.9 Å². The first-order valence-electron chi connectivity index (χ1n) is 6.69. The van der Waals surface area contributed by atoms with Crippen molar-refractivity contribution in [3.63, 3.8) is 0 Å². The monoisotopic (exact) mass is 287 g/mol. The Morgan fingerprint density at radius 1 is 1.00 bits per heavy atom. The van der Waals surface area contributed by atoms with E-state index in [1.807, 2.05) is 30.3 Å². The van der Waals surface area contributed by atoms with Gasteiger partial charge >= 0.3 is 0 Å². The maximum absolute atomic E-state index is 12.3. The topological polar surface area (TPSA) is 29.1 Å². The van der Waals surface area contributed by atoms with Gasteiger partial charge in [-0.05, 0) is 35.7 Å². The van der Waals surface area contributed by atoms with E-state index in [1.165, 1.54) is 0 Å². The highest BCUT2D eigenvalue weighted by Crippen LogP contribution is 2.22. The highest BCUT2D eigenvalue weighted by molar-refractivity contribution is 6.30. The molecule has 0 bridgehead atoms. The van der Waals surface area contributed by atoms with Gasteiger partial charge in [0.2, 0.25) is 0 Å². The third-order valence-corrected chi connectivity index (χ3v) is 3.47.